The summed E-state index contributed by atoms with van der Waals surface area (Å²) >= 11 is -0.417. The Morgan fingerprint density at radius 3 is 1.20 bits per heavy atom. The van der Waals surface area contributed by atoms with E-state index >= 15 is 0 Å². The molecule has 0 aliphatic heterocycles. The standard InChI is InChI=1S/C2H2O4.ClO2.Na/c3-1(4)2(5)6;2-1-3;/h(H,3,4)(H,5,6);;/q;-1;+1. The molecule has 0 atom stereocenters. The molecule has 2 N–H and O–H groups in total. The van der Waals surface area contributed by atoms with Gasteiger partial charge in [-0.1, -0.05) is 0 Å². The average Bonchev–Trinajstić information content (AvgIpc) is 1.68. The van der Waals surface area contributed by atoms with E-state index in [2.05, 4.69) is 0 Å². The van der Waals surface area contributed by atoms with Crippen LogP contribution in [-0.2, 0) is 9.59 Å². The van der Waals surface area contributed by atoms with Crippen LogP contribution in [0, 0.1) is 11.3 Å². The predicted octanol–water partition coefficient (Wildman–Crippen LogP) is -6.22. The Balaban J connectivity index is -0.000000107. The van der Waals surface area contributed by atoms with Gasteiger partial charge in [0, 0.05) is 0 Å². The van der Waals surface area contributed by atoms with Crippen molar-refractivity contribution in [2.24, 2.45) is 0 Å². The summed E-state index contributed by atoms with van der Waals surface area (Å²) in [5, 5.41) is 14.8. The summed E-state index contributed by atoms with van der Waals surface area (Å²) in [5.74, 6) is -3.65. The molecule has 8 heteroatoms. The Hall–Kier alpha value is 0.150. The fourth-order valence-electron chi connectivity index (χ4n) is 0. The number of rotatable bonds is 0. The first-order valence-corrected chi connectivity index (χ1v) is 2.03. The van der Waals surface area contributed by atoms with Crippen molar-refractivity contribution in [3.05, 3.63) is 0 Å². The molecule has 0 heterocycles. The minimum atomic E-state index is -1.82. The summed E-state index contributed by atoms with van der Waals surface area (Å²) in [6.07, 6.45) is 0. The topological polar surface area (TPSA) is 121 Å². The Morgan fingerprint density at radius 2 is 1.20 bits per heavy atom. The van der Waals surface area contributed by atoms with Gasteiger partial charge in [-0.25, -0.2) is 9.59 Å². The molecule has 0 saturated heterocycles. The van der Waals surface area contributed by atoms with E-state index in [9.17, 15) is 0 Å². The quantitative estimate of drug-likeness (QED) is 0.283. The van der Waals surface area contributed by atoms with E-state index in [0.717, 1.165) is 0 Å². The van der Waals surface area contributed by atoms with Crippen LogP contribution in [0.4, 0.5) is 0 Å². The molecule has 6 nitrogen and oxygen atoms in total. The summed E-state index contributed by atoms with van der Waals surface area (Å²) in [7, 11) is 0. The minimum Gasteiger partial charge on any atom is -0.544 e. The van der Waals surface area contributed by atoms with Gasteiger partial charge in [-0.05, 0) is 0 Å². The van der Waals surface area contributed by atoms with Crippen LogP contribution >= 0.6 is 0 Å². The third-order valence-corrected chi connectivity index (χ3v) is 0.183. The van der Waals surface area contributed by atoms with Crippen molar-refractivity contribution in [2.75, 3.05) is 0 Å². The fraction of sp³-hybridized carbons (Fsp3) is 0. The van der Waals surface area contributed by atoms with Gasteiger partial charge in [0.15, 0.2) is 0 Å². The number of aliphatic carboxylic acids is 2. The van der Waals surface area contributed by atoms with E-state index in [1.54, 1.807) is 0 Å². The second-order valence-corrected chi connectivity index (χ2v) is 0.799. The van der Waals surface area contributed by atoms with Gasteiger partial charge in [-0.3, -0.25) is 0 Å². The molecule has 0 aliphatic rings. The molecule has 0 amide bonds. The van der Waals surface area contributed by atoms with Crippen LogP contribution < -0.4 is 38.9 Å². The molecule has 10 heavy (non-hydrogen) atoms. The second kappa shape index (κ2) is 11.9. The maximum atomic E-state index is 9.10. The van der Waals surface area contributed by atoms with Crippen LogP contribution in [0.15, 0.2) is 0 Å². The molecule has 0 aliphatic carbocycles. The zero-order chi connectivity index (χ0) is 7.86. The van der Waals surface area contributed by atoms with Crippen molar-refractivity contribution in [3.8, 4) is 0 Å². The third-order valence-electron chi connectivity index (χ3n) is 0.183. The zero-order valence-corrected chi connectivity index (χ0v) is 7.66. The molecule has 0 aromatic rings. The van der Waals surface area contributed by atoms with Crippen molar-refractivity contribution in [1.82, 2.24) is 0 Å². The third kappa shape index (κ3) is 24.2. The van der Waals surface area contributed by atoms with E-state index < -0.39 is 23.3 Å². The molecule has 0 spiro atoms. The Morgan fingerprint density at radius 1 is 1.10 bits per heavy atom. The number of carboxylic acid groups (broad SMARTS) is 2. The smallest absolute Gasteiger partial charge is 0.544 e. The van der Waals surface area contributed by atoms with Crippen molar-refractivity contribution >= 4 is 11.9 Å². The van der Waals surface area contributed by atoms with Gasteiger partial charge in [0.25, 0.3) is 0 Å². The molecule has 0 saturated carbocycles. The zero-order valence-electron chi connectivity index (χ0n) is 4.91. The van der Waals surface area contributed by atoms with Crippen molar-refractivity contribution in [1.29, 1.82) is 0 Å². The molecule has 0 fully saturated rings. The molecule has 0 aromatic carbocycles. The maximum Gasteiger partial charge on any atom is 1.00 e. The number of hydrogen-bond donors (Lipinski definition) is 2. The minimum absolute atomic E-state index is 0. The molecule has 54 valence electrons. The van der Waals surface area contributed by atoms with E-state index in [1.165, 1.54) is 0 Å². The molecular weight excluding hydrogens is 178 g/mol. The van der Waals surface area contributed by atoms with Gasteiger partial charge in [-0.15, -0.1) is 0 Å². The first-order valence-electron chi connectivity index (χ1n) is 1.41. The largest absolute Gasteiger partial charge is 1.00 e. The summed E-state index contributed by atoms with van der Waals surface area (Å²) in [4.78, 5) is 18.2. The molecule has 0 unspecified atom stereocenters. The molecule has 0 radical (unpaired) electrons. The predicted molar refractivity (Wildman–Crippen MR) is 15.3 cm³/mol. The van der Waals surface area contributed by atoms with Crippen LogP contribution in [0.5, 0.6) is 0 Å². The van der Waals surface area contributed by atoms with Gasteiger partial charge < -0.3 is 19.5 Å². The Kier molecular flexibility index (Phi) is 19.8. The van der Waals surface area contributed by atoms with Gasteiger partial charge in [0.05, 0.1) is 11.3 Å². The van der Waals surface area contributed by atoms with E-state index in [0.29, 0.717) is 0 Å². The van der Waals surface area contributed by atoms with Gasteiger partial charge in [0.2, 0.25) is 0 Å². The second-order valence-electron chi connectivity index (χ2n) is 0.673. The van der Waals surface area contributed by atoms with E-state index in [4.69, 9.17) is 29.1 Å². The first kappa shape index (κ1) is 16.6. The Labute approximate surface area is 81.8 Å². The van der Waals surface area contributed by atoms with Crippen LogP contribution in [0.3, 0.4) is 0 Å². The van der Waals surface area contributed by atoms with Crippen molar-refractivity contribution in [3.63, 3.8) is 0 Å². The SMILES string of the molecule is O=C(O)C(=O)O.[Na+].[O-][Cl+][O-]. The van der Waals surface area contributed by atoms with Gasteiger partial charge >= 0.3 is 41.5 Å². The van der Waals surface area contributed by atoms with Crippen molar-refractivity contribution in [2.45, 2.75) is 0 Å². The van der Waals surface area contributed by atoms with Gasteiger partial charge in [-0.2, -0.15) is 0 Å². The monoisotopic (exact) mass is 180 g/mol. The molecule has 0 bridgehead atoms. The number of carbonyl (C=O) groups is 2. The van der Waals surface area contributed by atoms with Crippen molar-refractivity contribution < 1.29 is 70.0 Å². The molecular formula is C2H2ClNaO6. The average molecular weight is 180 g/mol. The maximum absolute atomic E-state index is 9.10. The normalized spacial score (nSPS) is 6.20. The van der Waals surface area contributed by atoms with E-state index in [-0.39, 0.29) is 29.6 Å². The van der Waals surface area contributed by atoms with Crippen LogP contribution in [0.25, 0.3) is 0 Å². The summed E-state index contributed by atoms with van der Waals surface area (Å²) in [6, 6.07) is 0. The number of carboxylic acids is 2. The fourth-order valence-corrected chi connectivity index (χ4v) is 0. The summed E-state index contributed by atoms with van der Waals surface area (Å²) < 4.78 is 16.5. The molecule has 0 rings (SSSR count). The molecule has 0 aromatic heterocycles. The van der Waals surface area contributed by atoms with Crippen LogP contribution in [0.2, 0.25) is 0 Å². The number of hydrogen-bond acceptors (Lipinski definition) is 4. The number of halogens is 1. The van der Waals surface area contributed by atoms with Crippen LogP contribution in [0.1, 0.15) is 0 Å². The first-order chi connectivity index (χ1) is 4.06. The Bertz CT molecular complexity index is 91.9. The van der Waals surface area contributed by atoms with E-state index in [1.807, 2.05) is 0 Å². The van der Waals surface area contributed by atoms with Crippen LogP contribution in [-0.4, -0.2) is 22.2 Å². The summed E-state index contributed by atoms with van der Waals surface area (Å²) in [5.41, 5.74) is 0. The van der Waals surface area contributed by atoms with Gasteiger partial charge in [0.1, 0.15) is 0 Å². The summed E-state index contributed by atoms with van der Waals surface area (Å²) in [6.45, 7) is 0.